The first-order valence-electron chi connectivity index (χ1n) is 9.28. The molecule has 2 atom stereocenters. The molecule has 124 valence electrons. The summed E-state index contributed by atoms with van der Waals surface area (Å²) in [5.41, 5.74) is 6.48. The van der Waals surface area contributed by atoms with E-state index in [4.69, 9.17) is 10.5 Å². The summed E-state index contributed by atoms with van der Waals surface area (Å²) in [4.78, 5) is 2.52. The number of methoxy groups -OCH3 is 1. The fraction of sp³-hybridized carbons (Fsp3) is 1.00. The Hall–Kier alpha value is -0.120. The third-order valence-electron chi connectivity index (χ3n) is 5.60. The Kier molecular flexibility index (Phi) is 8.05. The van der Waals surface area contributed by atoms with Gasteiger partial charge in [-0.2, -0.15) is 0 Å². The van der Waals surface area contributed by atoms with Crippen LogP contribution in [0, 0.1) is 11.8 Å². The highest BCUT2D eigenvalue weighted by Gasteiger charge is 2.34. The van der Waals surface area contributed by atoms with Crippen LogP contribution in [0.4, 0.5) is 0 Å². The molecule has 1 saturated heterocycles. The number of ether oxygens (including phenoxy) is 1. The van der Waals surface area contributed by atoms with Crippen LogP contribution in [0.5, 0.6) is 0 Å². The molecule has 0 bridgehead atoms. The third kappa shape index (κ3) is 5.88. The van der Waals surface area contributed by atoms with Crippen molar-refractivity contribution < 1.29 is 4.74 Å². The lowest BCUT2D eigenvalue weighted by Gasteiger charge is -2.26. The Morgan fingerprint density at radius 1 is 0.905 bits per heavy atom. The van der Waals surface area contributed by atoms with E-state index in [1.165, 1.54) is 70.8 Å². The largest absolute Gasteiger partial charge is 0.383 e. The molecule has 2 rings (SSSR count). The van der Waals surface area contributed by atoms with Crippen molar-refractivity contribution in [2.45, 2.75) is 70.3 Å². The van der Waals surface area contributed by atoms with Crippen LogP contribution in [0.3, 0.4) is 0 Å². The maximum atomic E-state index is 6.48. The molecule has 0 aromatic carbocycles. The highest BCUT2D eigenvalue weighted by Crippen LogP contribution is 2.32. The van der Waals surface area contributed by atoms with E-state index >= 15 is 0 Å². The van der Waals surface area contributed by atoms with E-state index < -0.39 is 0 Å². The molecule has 3 nitrogen and oxygen atoms in total. The molecule has 1 heterocycles. The summed E-state index contributed by atoms with van der Waals surface area (Å²) < 4.78 is 5.22. The van der Waals surface area contributed by atoms with Gasteiger partial charge in [-0.25, -0.2) is 0 Å². The normalized spacial score (nSPS) is 31.1. The van der Waals surface area contributed by atoms with Gasteiger partial charge in [-0.3, -0.25) is 4.90 Å². The van der Waals surface area contributed by atoms with E-state index in [1.807, 2.05) is 0 Å². The van der Waals surface area contributed by atoms with Gasteiger partial charge in [0.05, 0.1) is 6.61 Å². The van der Waals surface area contributed by atoms with Crippen molar-refractivity contribution in [3.63, 3.8) is 0 Å². The molecule has 0 aromatic heterocycles. The number of hydrogen-bond donors (Lipinski definition) is 1. The van der Waals surface area contributed by atoms with Gasteiger partial charge < -0.3 is 10.5 Å². The number of nitrogens with two attached hydrogens (primary N) is 1. The molecule has 1 aliphatic carbocycles. The maximum absolute atomic E-state index is 6.48. The molecular weight excluding hydrogens is 260 g/mol. The van der Waals surface area contributed by atoms with Crippen LogP contribution in [0.1, 0.15) is 64.2 Å². The Labute approximate surface area is 131 Å². The van der Waals surface area contributed by atoms with Gasteiger partial charge in [0.15, 0.2) is 0 Å². The van der Waals surface area contributed by atoms with Crippen LogP contribution in [0.2, 0.25) is 0 Å². The lowest BCUT2D eigenvalue weighted by Crippen LogP contribution is -2.34. The molecule has 2 N–H and O–H groups in total. The molecule has 0 radical (unpaired) electrons. The summed E-state index contributed by atoms with van der Waals surface area (Å²) in [5.74, 6) is 1.59. The lowest BCUT2D eigenvalue weighted by atomic mass is 9.81. The van der Waals surface area contributed by atoms with Gasteiger partial charge in [0, 0.05) is 32.8 Å². The van der Waals surface area contributed by atoms with Gasteiger partial charge in [-0.1, -0.05) is 64.2 Å². The second-order valence-electron chi connectivity index (χ2n) is 7.25. The van der Waals surface area contributed by atoms with Crippen molar-refractivity contribution in [1.82, 2.24) is 4.90 Å². The van der Waals surface area contributed by atoms with Gasteiger partial charge in [-0.05, 0) is 11.8 Å². The fourth-order valence-electron chi connectivity index (χ4n) is 4.29. The molecule has 0 spiro atoms. The first kappa shape index (κ1) is 17.2. The molecule has 3 heteroatoms. The number of hydrogen-bond acceptors (Lipinski definition) is 3. The summed E-state index contributed by atoms with van der Waals surface area (Å²) in [5, 5.41) is 0. The van der Waals surface area contributed by atoms with Crippen LogP contribution in [0.25, 0.3) is 0 Å². The van der Waals surface area contributed by atoms with E-state index in [1.54, 1.807) is 7.11 Å². The van der Waals surface area contributed by atoms with E-state index in [2.05, 4.69) is 4.90 Å². The summed E-state index contributed by atoms with van der Waals surface area (Å²) >= 11 is 0. The Morgan fingerprint density at radius 2 is 1.48 bits per heavy atom. The third-order valence-corrected chi connectivity index (χ3v) is 5.60. The quantitative estimate of drug-likeness (QED) is 0.864. The predicted octanol–water partition coefficient (Wildman–Crippen LogP) is 3.42. The minimum absolute atomic E-state index is 0.386. The topological polar surface area (TPSA) is 38.5 Å². The van der Waals surface area contributed by atoms with Crippen molar-refractivity contribution in [3.8, 4) is 0 Å². The average Bonchev–Trinajstić information content (AvgIpc) is 2.82. The summed E-state index contributed by atoms with van der Waals surface area (Å²) in [6.07, 6.45) is 14.4. The summed E-state index contributed by atoms with van der Waals surface area (Å²) in [7, 11) is 1.79. The maximum Gasteiger partial charge on any atom is 0.0589 e. The minimum Gasteiger partial charge on any atom is -0.383 e. The Bertz CT molecular complexity index is 260. The Morgan fingerprint density at radius 3 is 2.05 bits per heavy atom. The smallest absolute Gasteiger partial charge is 0.0589 e. The van der Waals surface area contributed by atoms with Crippen LogP contribution >= 0.6 is 0 Å². The molecule has 1 aliphatic heterocycles. The van der Waals surface area contributed by atoms with Crippen molar-refractivity contribution in [2.24, 2.45) is 17.6 Å². The van der Waals surface area contributed by atoms with Crippen LogP contribution in [-0.4, -0.2) is 44.3 Å². The molecule has 2 fully saturated rings. The highest BCUT2D eigenvalue weighted by molar-refractivity contribution is 4.90. The van der Waals surface area contributed by atoms with Gasteiger partial charge >= 0.3 is 0 Å². The van der Waals surface area contributed by atoms with Crippen LogP contribution in [-0.2, 0) is 4.74 Å². The predicted molar refractivity (Wildman–Crippen MR) is 89.4 cm³/mol. The zero-order valence-corrected chi connectivity index (χ0v) is 14.1. The molecule has 0 aromatic rings. The van der Waals surface area contributed by atoms with E-state index in [-0.39, 0.29) is 0 Å². The van der Waals surface area contributed by atoms with E-state index in [0.717, 1.165) is 31.5 Å². The van der Waals surface area contributed by atoms with Crippen molar-refractivity contribution in [3.05, 3.63) is 0 Å². The minimum atomic E-state index is 0.386. The van der Waals surface area contributed by atoms with Crippen molar-refractivity contribution in [1.29, 1.82) is 0 Å². The number of nitrogens with zero attached hydrogens (tertiary/aromatic N) is 1. The first-order valence-corrected chi connectivity index (χ1v) is 9.28. The number of rotatable bonds is 4. The van der Waals surface area contributed by atoms with E-state index in [0.29, 0.717) is 6.04 Å². The molecular formula is C18H36N2O. The molecule has 1 saturated carbocycles. The lowest BCUT2D eigenvalue weighted by molar-refractivity contribution is 0.155. The van der Waals surface area contributed by atoms with Crippen molar-refractivity contribution >= 4 is 0 Å². The zero-order valence-electron chi connectivity index (χ0n) is 14.1. The standard InChI is InChI=1S/C18H36N2O/c1-21-13-12-20-14-17(18(19)15-20)16-10-8-6-4-2-3-5-7-9-11-16/h16-18H,2-15,19H2,1H3. The summed E-state index contributed by atoms with van der Waals surface area (Å²) in [6.45, 7) is 4.16. The molecule has 2 aliphatic rings. The van der Waals surface area contributed by atoms with Gasteiger partial charge in [-0.15, -0.1) is 0 Å². The van der Waals surface area contributed by atoms with E-state index in [9.17, 15) is 0 Å². The fourth-order valence-corrected chi connectivity index (χ4v) is 4.29. The Balaban J connectivity index is 1.83. The molecule has 21 heavy (non-hydrogen) atoms. The van der Waals surface area contributed by atoms with Gasteiger partial charge in [0.25, 0.3) is 0 Å². The van der Waals surface area contributed by atoms with Crippen molar-refractivity contribution in [2.75, 3.05) is 33.4 Å². The summed E-state index contributed by atoms with van der Waals surface area (Å²) in [6, 6.07) is 0.386. The molecule has 2 unspecified atom stereocenters. The van der Waals surface area contributed by atoms with Crippen LogP contribution in [0.15, 0.2) is 0 Å². The van der Waals surface area contributed by atoms with Gasteiger partial charge in [0.2, 0.25) is 0 Å². The SMILES string of the molecule is COCCN1CC(N)C(C2CCCCCCCCCC2)C1. The second kappa shape index (κ2) is 9.81. The highest BCUT2D eigenvalue weighted by atomic mass is 16.5. The molecule has 0 amide bonds. The number of likely N-dealkylation sites (tertiary alicyclic amines) is 1. The first-order chi connectivity index (χ1) is 10.3. The van der Waals surface area contributed by atoms with Crippen LogP contribution < -0.4 is 5.73 Å². The monoisotopic (exact) mass is 296 g/mol. The zero-order chi connectivity index (χ0) is 14.9. The second-order valence-corrected chi connectivity index (χ2v) is 7.25. The van der Waals surface area contributed by atoms with Gasteiger partial charge in [0.1, 0.15) is 0 Å². The average molecular weight is 296 g/mol.